The summed E-state index contributed by atoms with van der Waals surface area (Å²) in [6.07, 6.45) is 32.8. The molecule has 1 aliphatic rings. The van der Waals surface area contributed by atoms with Crippen molar-refractivity contribution >= 4 is 29.6 Å². The van der Waals surface area contributed by atoms with Crippen molar-refractivity contribution in [3.8, 4) is 0 Å². The molecule has 1 aromatic heterocycles. The Morgan fingerprint density at radius 3 is 1.88 bits per heavy atom. The molecule has 59 heavy (non-hydrogen) atoms. The third-order valence-corrected chi connectivity index (χ3v) is 8.31. The molecular weight excluding hydrogens is 754 g/mol. The van der Waals surface area contributed by atoms with E-state index in [1.54, 1.807) is 0 Å². The van der Waals surface area contributed by atoms with E-state index in [-0.39, 0.29) is 23.8 Å². The van der Waals surface area contributed by atoms with Gasteiger partial charge in [-0.1, -0.05) is 197 Å². The average Bonchev–Trinajstić information content (AvgIpc) is 3.60. The van der Waals surface area contributed by atoms with E-state index in [0.717, 1.165) is 67.9 Å². The second kappa shape index (κ2) is 53.0. The molecule has 0 aromatic carbocycles. The number of aryl methyl sites for hydroxylation is 1. The molecule has 0 saturated heterocycles. The molecular formula is C51H96ClN3O4. The number of aromatic amines is 1. The molecule has 1 amide bonds. The fourth-order valence-corrected chi connectivity index (χ4v) is 5.34. The first-order valence-electron chi connectivity index (χ1n) is 23.9. The van der Waals surface area contributed by atoms with E-state index in [2.05, 4.69) is 49.9 Å². The van der Waals surface area contributed by atoms with Crippen LogP contribution in [0.1, 0.15) is 219 Å². The zero-order valence-electron chi connectivity index (χ0n) is 41.5. The van der Waals surface area contributed by atoms with Crippen LogP contribution in [0.5, 0.6) is 0 Å². The molecule has 2 atom stereocenters. The molecule has 0 aliphatic heterocycles. The summed E-state index contributed by atoms with van der Waals surface area (Å²) in [6.45, 7) is 33.4. The minimum Gasteiger partial charge on any atom is -0.493 e. The number of hydrogen-bond acceptors (Lipinski definition) is 5. The quantitative estimate of drug-likeness (QED) is 0.0845. The summed E-state index contributed by atoms with van der Waals surface area (Å²) in [5.74, 6) is 0.875. The van der Waals surface area contributed by atoms with Gasteiger partial charge in [-0.05, 0) is 58.1 Å². The number of esters is 1. The molecule has 0 bridgehead atoms. The van der Waals surface area contributed by atoms with Crippen LogP contribution in [0.2, 0.25) is 0 Å². The number of halogens is 1. The maximum Gasteiger partial charge on any atom is 0.341 e. The Kier molecular flexibility index (Phi) is 58.4. The zero-order chi connectivity index (χ0) is 46.1. The SMILES string of the molecule is C/C=C/c1cnc(CCCC(NC(=O)CC)C2C=CC=C(OCCCC)C(C(=O)OCCCC)=C2)[nH]1.CC.CC.CC.CC.CC/C=C(\C)Cl.CCCCCCCCC. The van der Waals surface area contributed by atoms with Gasteiger partial charge in [-0.2, -0.15) is 0 Å². The topological polar surface area (TPSA) is 93.3 Å². The third-order valence-electron chi connectivity index (χ3n) is 8.16. The van der Waals surface area contributed by atoms with Crippen LogP contribution in [0, 0.1) is 5.92 Å². The summed E-state index contributed by atoms with van der Waals surface area (Å²) in [5, 5.41) is 4.05. The lowest BCUT2D eigenvalue weighted by Gasteiger charge is -2.24. The molecule has 0 saturated carbocycles. The first kappa shape index (κ1) is 65.1. The number of hydrogen-bond donors (Lipinski definition) is 2. The number of carbonyl (C=O) groups excluding carboxylic acids is 2. The van der Waals surface area contributed by atoms with Gasteiger partial charge in [0.05, 0.1) is 30.7 Å². The van der Waals surface area contributed by atoms with Gasteiger partial charge >= 0.3 is 5.97 Å². The third kappa shape index (κ3) is 40.1. The normalized spacial score (nSPS) is 13.1. The van der Waals surface area contributed by atoms with E-state index in [1.807, 2.05) is 125 Å². The Balaban J connectivity index is -0.000000348. The molecule has 7 nitrogen and oxygen atoms in total. The molecule has 0 radical (unpaired) electrons. The summed E-state index contributed by atoms with van der Waals surface area (Å²) in [6, 6.07) is -0.166. The number of carbonyl (C=O) groups is 2. The van der Waals surface area contributed by atoms with Crippen LogP contribution in [0.3, 0.4) is 0 Å². The number of rotatable bonds is 23. The van der Waals surface area contributed by atoms with Crippen LogP contribution in [0.4, 0.5) is 0 Å². The highest BCUT2D eigenvalue weighted by Gasteiger charge is 2.26. The lowest BCUT2D eigenvalue weighted by molar-refractivity contribution is -0.139. The van der Waals surface area contributed by atoms with E-state index in [0.29, 0.717) is 31.0 Å². The smallest absolute Gasteiger partial charge is 0.341 e. The molecule has 8 heteroatoms. The van der Waals surface area contributed by atoms with Crippen molar-refractivity contribution in [2.45, 2.75) is 220 Å². The lowest BCUT2D eigenvalue weighted by atomic mass is 9.92. The number of allylic oxidation sites excluding steroid dienone is 5. The van der Waals surface area contributed by atoms with Gasteiger partial charge in [-0.15, -0.1) is 0 Å². The van der Waals surface area contributed by atoms with E-state index >= 15 is 0 Å². The van der Waals surface area contributed by atoms with Crippen LogP contribution in [-0.2, 0) is 25.5 Å². The number of amides is 1. The van der Waals surface area contributed by atoms with Gasteiger partial charge in [0.2, 0.25) is 5.91 Å². The number of unbranched alkanes of at least 4 members (excludes halogenated alkanes) is 8. The molecule has 1 aromatic rings. The maximum atomic E-state index is 13.0. The number of imidazole rings is 1. The minimum atomic E-state index is -0.382. The van der Waals surface area contributed by atoms with Gasteiger partial charge in [-0.25, -0.2) is 9.78 Å². The Morgan fingerprint density at radius 1 is 0.831 bits per heavy atom. The van der Waals surface area contributed by atoms with Crippen molar-refractivity contribution in [2.24, 2.45) is 5.92 Å². The molecule has 0 fully saturated rings. The second-order valence-electron chi connectivity index (χ2n) is 12.9. The van der Waals surface area contributed by atoms with Gasteiger partial charge in [0.1, 0.15) is 11.6 Å². The van der Waals surface area contributed by atoms with E-state index in [4.69, 9.17) is 21.1 Å². The molecule has 0 spiro atoms. The highest BCUT2D eigenvalue weighted by Crippen LogP contribution is 2.25. The monoisotopic (exact) mass is 850 g/mol. The van der Waals surface area contributed by atoms with Crippen LogP contribution in [0.15, 0.2) is 59.0 Å². The molecule has 2 unspecified atom stereocenters. The molecule has 346 valence electrons. The van der Waals surface area contributed by atoms with Gasteiger partial charge in [-0.3, -0.25) is 4.79 Å². The molecule has 2 N–H and O–H groups in total. The van der Waals surface area contributed by atoms with Crippen LogP contribution in [-0.4, -0.2) is 41.1 Å². The summed E-state index contributed by atoms with van der Waals surface area (Å²) < 4.78 is 11.5. The summed E-state index contributed by atoms with van der Waals surface area (Å²) >= 11 is 5.44. The molecule has 2 rings (SSSR count). The van der Waals surface area contributed by atoms with Crippen molar-refractivity contribution in [3.05, 3.63) is 70.5 Å². The predicted octanol–water partition coefficient (Wildman–Crippen LogP) is 16.2. The highest BCUT2D eigenvalue weighted by molar-refractivity contribution is 6.29. The van der Waals surface area contributed by atoms with Gasteiger partial charge in [0, 0.05) is 29.8 Å². The predicted molar refractivity (Wildman–Crippen MR) is 263 cm³/mol. The van der Waals surface area contributed by atoms with Gasteiger partial charge in [0.15, 0.2) is 0 Å². The van der Waals surface area contributed by atoms with Crippen molar-refractivity contribution < 1.29 is 19.1 Å². The Hall–Kier alpha value is -3.06. The van der Waals surface area contributed by atoms with Crippen molar-refractivity contribution in [2.75, 3.05) is 13.2 Å². The summed E-state index contributed by atoms with van der Waals surface area (Å²) in [5.41, 5.74) is 1.40. The van der Waals surface area contributed by atoms with E-state index in [1.165, 1.54) is 44.9 Å². The van der Waals surface area contributed by atoms with Crippen molar-refractivity contribution in [3.63, 3.8) is 0 Å². The van der Waals surface area contributed by atoms with Crippen LogP contribution in [0.25, 0.3) is 6.08 Å². The van der Waals surface area contributed by atoms with E-state index in [9.17, 15) is 9.59 Å². The second-order valence-corrected chi connectivity index (χ2v) is 13.5. The summed E-state index contributed by atoms with van der Waals surface area (Å²) in [4.78, 5) is 33.2. The lowest BCUT2D eigenvalue weighted by Crippen LogP contribution is -2.39. The van der Waals surface area contributed by atoms with Gasteiger partial charge < -0.3 is 19.8 Å². The number of ether oxygens (including phenoxy) is 2. The Morgan fingerprint density at radius 2 is 1.39 bits per heavy atom. The van der Waals surface area contributed by atoms with Crippen molar-refractivity contribution in [1.29, 1.82) is 0 Å². The molecule has 1 heterocycles. The van der Waals surface area contributed by atoms with Crippen molar-refractivity contribution in [1.82, 2.24) is 15.3 Å². The number of nitrogens with zero attached hydrogens (tertiary/aromatic N) is 1. The number of nitrogens with one attached hydrogen (secondary N) is 2. The maximum absolute atomic E-state index is 13.0. The first-order chi connectivity index (χ1) is 28.7. The zero-order valence-corrected chi connectivity index (χ0v) is 42.2. The number of aromatic nitrogens is 2. The van der Waals surface area contributed by atoms with E-state index < -0.39 is 0 Å². The highest BCUT2D eigenvalue weighted by atomic mass is 35.5. The number of H-pyrrole nitrogens is 1. The Labute approximate surface area is 371 Å². The largest absolute Gasteiger partial charge is 0.493 e. The first-order valence-corrected chi connectivity index (χ1v) is 24.3. The average molecular weight is 851 g/mol. The fourth-order valence-electron chi connectivity index (χ4n) is 5.19. The molecule has 1 aliphatic carbocycles. The minimum absolute atomic E-state index is 0.0149. The van der Waals surface area contributed by atoms with Crippen LogP contribution < -0.4 is 5.32 Å². The van der Waals surface area contributed by atoms with Crippen LogP contribution >= 0.6 is 11.6 Å². The summed E-state index contributed by atoms with van der Waals surface area (Å²) in [7, 11) is 0. The Bertz CT molecular complexity index is 1190. The standard InChI is InChI=1S/C29H43N3O4.C9H20.C5H9Cl.4C2H6/c1-5-9-18-35-26-16-11-14-22(20-24(26)29(34)36-19-10-6-2)25(32-28(33)8-4)15-12-17-27-30-21-23(31-27)13-7-3;1-3-5-7-9-8-6-4-2;1-3-4-5(2)6;4*1-2/h7,11,13-14,16,20-22,25H,5-6,8-10,12,15,17-19H2,1-4H3,(H,30,31)(H,32,33);3-9H2,1-2H3;4H,3H2,1-2H3;4*1-2H3/b13-7+;;5-4+;;;;. The fraction of sp³-hybridized carbons (Fsp3) is 0.706. The van der Waals surface area contributed by atoms with Gasteiger partial charge in [0.25, 0.3) is 0 Å².